The predicted octanol–water partition coefficient (Wildman–Crippen LogP) is 5.48. The quantitative estimate of drug-likeness (QED) is 0.724. The fourth-order valence-electron chi connectivity index (χ4n) is 3.70. The van der Waals surface area contributed by atoms with Crippen LogP contribution in [0.5, 0.6) is 0 Å². The summed E-state index contributed by atoms with van der Waals surface area (Å²) in [5, 5.41) is 2.49. The van der Waals surface area contributed by atoms with Gasteiger partial charge in [-0.1, -0.05) is 68.7 Å². The summed E-state index contributed by atoms with van der Waals surface area (Å²) in [5.41, 5.74) is 1.20. The molecule has 1 heteroatoms. The van der Waals surface area contributed by atoms with Crippen LogP contribution in [0.1, 0.15) is 56.9 Å². The van der Waals surface area contributed by atoms with Crippen LogP contribution >= 0.6 is 0 Å². The van der Waals surface area contributed by atoms with Crippen molar-refractivity contribution in [1.82, 2.24) is 0 Å². The number of carbonyl (C=O) groups excluding carboxylic acids is 1. The number of rotatable bonds is 4. The molecule has 2 aromatic rings. The van der Waals surface area contributed by atoms with Gasteiger partial charge in [0.25, 0.3) is 0 Å². The Morgan fingerprint density at radius 3 is 2.48 bits per heavy atom. The molecule has 0 heterocycles. The van der Waals surface area contributed by atoms with Crippen molar-refractivity contribution < 1.29 is 4.79 Å². The van der Waals surface area contributed by atoms with Crippen molar-refractivity contribution in [2.75, 3.05) is 0 Å². The first-order chi connectivity index (χ1) is 10.3. The summed E-state index contributed by atoms with van der Waals surface area (Å²) >= 11 is 0. The molecule has 0 radical (unpaired) electrons. The molecule has 110 valence electrons. The van der Waals surface area contributed by atoms with E-state index in [1.165, 1.54) is 35.6 Å². The second-order valence-corrected chi connectivity index (χ2v) is 6.30. The maximum Gasteiger partial charge on any atom is 0.143 e. The second kappa shape index (κ2) is 6.43. The molecular weight excluding hydrogens is 256 g/mol. The van der Waals surface area contributed by atoms with Crippen molar-refractivity contribution in [2.45, 2.75) is 51.4 Å². The summed E-state index contributed by atoms with van der Waals surface area (Å²) in [5.74, 6) is 0.861. The Kier molecular flexibility index (Phi) is 4.38. The Balaban J connectivity index is 1.88. The second-order valence-electron chi connectivity index (χ2n) is 6.30. The van der Waals surface area contributed by atoms with Crippen molar-refractivity contribution in [1.29, 1.82) is 0 Å². The third-order valence-corrected chi connectivity index (χ3v) is 4.94. The van der Waals surface area contributed by atoms with Crippen LogP contribution < -0.4 is 0 Å². The van der Waals surface area contributed by atoms with Gasteiger partial charge in [-0.25, -0.2) is 0 Å². The van der Waals surface area contributed by atoms with Gasteiger partial charge in [-0.2, -0.15) is 0 Å². The van der Waals surface area contributed by atoms with E-state index in [1.54, 1.807) is 0 Å². The van der Waals surface area contributed by atoms with Gasteiger partial charge in [0, 0.05) is 11.8 Å². The van der Waals surface area contributed by atoms with E-state index in [4.69, 9.17) is 0 Å². The average Bonchev–Trinajstić information content (AvgIpc) is 2.56. The van der Waals surface area contributed by atoms with Crippen LogP contribution in [0.3, 0.4) is 0 Å². The smallest absolute Gasteiger partial charge is 0.143 e. The van der Waals surface area contributed by atoms with E-state index in [2.05, 4.69) is 49.4 Å². The lowest BCUT2D eigenvalue weighted by Crippen LogP contribution is -2.24. The van der Waals surface area contributed by atoms with E-state index >= 15 is 0 Å². The topological polar surface area (TPSA) is 17.1 Å². The maximum absolute atomic E-state index is 12.9. The van der Waals surface area contributed by atoms with E-state index in [0.29, 0.717) is 11.7 Å². The van der Waals surface area contributed by atoms with Gasteiger partial charge in [0.05, 0.1) is 0 Å². The molecule has 0 N–H and O–H groups in total. The molecule has 3 rings (SSSR count). The number of benzene rings is 2. The van der Waals surface area contributed by atoms with Crippen molar-refractivity contribution in [3.63, 3.8) is 0 Å². The number of ketones is 1. The lowest BCUT2D eigenvalue weighted by atomic mass is 9.78. The molecule has 0 unspecified atom stereocenters. The third-order valence-electron chi connectivity index (χ3n) is 4.94. The molecule has 1 saturated carbocycles. The van der Waals surface area contributed by atoms with E-state index in [-0.39, 0.29) is 5.92 Å². The van der Waals surface area contributed by atoms with Gasteiger partial charge in [-0.15, -0.1) is 0 Å². The van der Waals surface area contributed by atoms with Crippen molar-refractivity contribution in [3.8, 4) is 0 Å². The molecule has 0 aromatic heterocycles. The first kappa shape index (κ1) is 14.3. The predicted molar refractivity (Wildman–Crippen MR) is 88.6 cm³/mol. The first-order valence-corrected chi connectivity index (χ1v) is 8.32. The van der Waals surface area contributed by atoms with E-state index in [0.717, 1.165) is 19.3 Å². The van der Waals surface area contributed by atoms with Gasteiger partial charge < -0.3 is 0 Å². The van der Waals surface area contributed by atoms with Crippen LogP contribution in [0.15, 0.2) is 42.5 Å². The molecule has 21 heavy (non-hydrogen) atoms. The third kappa shape index (κ3) is 3.02. The van der Waals surface area contributed by atoms with Crippen LogP contribution in [0.2, 0.25) is 0 Å². The zero-order valence-electron chi connectivity index (χ0n) is 12.8. The van der Waals surface area contributed by atoms with Crippen molar-refractivity contribution >= 4 is 16.6 Å². The van der Waals surface area contributed by atoms with E-state index in [1.807, 2.05) is 0 Å². The van der Waals surface area contributed by atoms with Crippen LogP contribution in [0.25, 0.3) is 10.8 Å². The molecule has 0 saturated heterocycles. The summed E-state index contributed by atoms with van der Waals surface area (Å²) < 4.78 is 0. The zero-order chi connectivity index (χ0) is 14.7. The standard InChI is InChI=1S/C20H24O/c1-2-19(20(21)16-9-4-3-5-10-16)18-13-12-15-8-6-7-11-17(15)14-18/h6-8,11-14,16,19H,2-5,9-10H2,1H3/t19-/m1/s1. The van der Waals surface area contributed by atoms with Gasteiger partial charge in [-0.05, 0) is 35.6 Å². The van der Waals surface area contributed by atoms with Gasteiger partial charge >= 0.3 is 0 Å². The zero-order valence-corrected chi connectivity index (χ0v) is 12.8. The summed E-state index contributed by atoms with van der Waals surface area (Å²) in [4.78, 5) is 12.9. The lowest BCUT2D eigenvalue weighted by molar-refractivity contribution is -0.125. The molecule has 1 fully saturated rings. The first-order valence-electron chi connectivity index (χ1n) is 8.32. The fourth-order valence-corrected chi connectivity index (χ4v) is 3.70. The van der Waals surface area contributed by atoms with Crippen LogP contribution in [0.4, 0.5) is 0 Å². The van der Waals surface area contributed by atoms with Crippen LogP contribution in [0, 0.1) is 5.92 Å². The summed E-state index contributed by atoms with van der Waals surface area (Å²) in [6.07, 6.45) is 6.87. The molecule has 0 spiro atoms. The number of fused-ring (bicyclic) bond motifs is 1. The van der Waals surface area contributed by atoms with Gasteiger partial charge in [0.15, 0.2) is 0 Å². The highest BCUT2D eigenvalue weighted by molar-refractivity contribution is 5.90. The van der Waals surface area contributed by atoms with Crippen molar-refractivity contribution in [3.05, 3.63) is 48.0 Å². The number of Topliss-reactive ketones (excluding diaryl/α,β-unsaturated/α-hetero) is 1. The molecule has 1 aliphatic carbocycles. The minimum absolute atomic E-state index is 0.0812. The Hall–Kier alpha value is -1.63. The van der Waals surface area contributed by atoms with Crippen LogP contribution in [-0.4, -0.2) is 5.78 Å². The maximum atomic E-state index is 12.9. The van der Waals surface area contributed by atoms with Gasteiger partial charge in [-0.3, -0.25) is 4.79 Å². The Labute approximate surface area is 127 Å². The van der Waals surface area contributed by atoms with E-state index in [9.17, 15) is 4.79 Å². The Morgan fingerprint density at radius 1 is 1.05 bits per heavy atom. The highest BCUT2D eigenvalue weighted by Gasteiger charge is 2.28. The van der Waals surface area contributed by atoms with Gasteiger partial charge in [0.1, 0.15) is 5.78 Å². The molecule has 1 atom stereocenters. The lowest BCUT2D eigenvalue weighted by Gasteiger charge is -2.25. The summed E-state index contributed by atoms with van der Waals surface area (Å²) in [7, 11) is 0. The Bertz CT molecular complexity index is 623. The molecule has 1 aliphatic rings. The van der Waals surface area contributed by atoms with E-state index < -0.39 is 0 Å². The number of hydrogen-bond acceptors (Lipinski definition) is 1. The number of hydrogen-bond donors (Lipinski definition) is 0. The molecular formula is C20H24O. The fraction of sp³-hybridized carbons (Fsp3) is 0.450. The molecule has 2 aromatic carbocycles. The average molecular weight is 280 g/mol. The summed E-state index contributed by atoms with van der Waals surface area (Å²) in [6.45, 7) is 2.14. The van der Waals surface area contributed by atoms with Gasteiger partial charge in [0.2, 0.25) is 0 Å². The molecule has 1 nitrogen and oxygen atoms in total. The minimum atomic E-state index is 0.0812. The monoisotopic (exact) mass is 280 g/mol. The minimum Gasteiger partial charge on any atom is -0.299 e. The number of carbonyl (C=O) groups is 1. The van der Waals surface area contributed by atoms with Crippen molar-refractivity contribution in [2.24, 2.45) is 5.92 Å². The largest absolute Gasteiger partial charge is 0.299 e. The SMILES string of the molecule is CC[C@@H](C(=O)C1CCCCC1)c1ccc2ccccc2c1. The highest BCUT2D eigenvalue weighted by Crippen LogP contribution is 2.33. The molecule has 0 amide bonds. The highest BCUT2D eigenvalue weighted by atomic mass is 16.1. The summed E-state index contributed by atoms with van der Waals surface area (Å²) in [6, 6.07) is 14.9. The normalized spacial score (nSPS) is 17.8. The molecule has 0 bridgehead atoms. The molecule has 0 aliphatic heterocycles. The Morgan fingerprint density at radius 2 is 1.76 bits per heavy atom. The van der Waals surface area contributed by atoms with Crippen LogP contribution in [-0.2, 0) is 4.79 Å².